The lowest BCUT2D eigenvalue weighted by Gasteiger charge is -2.27. The molecule has 11 rings (SSSR count). The highest BCUT2D eigenvalue weighted by molar-refractivity contribution is 7.26. The molecule has 0 saturated carbocycles. The predicted octanol–water partition coefficient (Wildman–Crippen LogP) is 15.1. The van der Waals surface area contributed by atoms with Gasteiger partial charge in [0.25, 0.3) is 0 Å². The average Bonchev–Trinajstić information content (AvgIpc) is 3.78. The number of nitrogens with zero attached hydrogens (tertiary/aromatic N) is 1. The number of fused-ring (bicyclic) bond motifs is 8. The summed E-state index contributed by atoms with van der Waals surface area (Å²) in [6, 6.07) is 68.1. The third-order valence-corrected chi connectivity index (χ3v) is 11.8. The molecule has 0 fully saturated rings. The van der Waals surface area contributed by atoms with Gasteiger partial charge in [0.05, 0.1) is 5.69 Å². The Morgan fingerprint density at radius 2 is 1.04 bits per heavy atom. The summed E-state index contributed by atoms with van der Waals surface area (Å²) in [7, 11) is 0. The Morgan fingerprint density at radius 3 is 1.89 bits per heavy atom. The number of furan rings is 1. The minimum Gasteiger partial charge on any atom is -0.456 e. The van der Waals surface area contributed by atoms with Crippen molar-refractivity contribution < 1.29 is 4.42 Å². The lowest BCUT2D eigenvalue weighted by molar-refractivity contribution is 0.669. The van der Waals surface area contributed by atoms with Crippen LogP contribution in [0.1, 0.15) is 0 Å². The Labute approximate surface area is 310 Å². The molecule has 248 valence electrons. The summed E-state index contributed by atoms with van der Waals surface area (Å²) in [6.45, 7) is 0. The van der Waals surface area contributed by atoms with Gasteiger partial charge >= 0.3 is 0 Å². The van der Waals surface area contributed by atoms with E-state index in [0.29, 0.717) is 0 Å². The van der Waals surface area contributed by atoms with Gasteiger partial charge < -0.3 is 9.32 Å². The smallest absolute Gasteiger partial charge is 0.136 e. The van der Waals surface area contributed by atoms with Gasteiger partial charge in [-0.2, -0.15) is 0 Å². The molecule has 0 aliphatic carbocycles. The van der Waals surface area contributed by atoms with Gasteiger partial charge in [0.15, 0.2) is 0 Å². The van der Waals surface area contributed by atoms with Gasteiger partial charge in [-0.05, 0) is 111 Å². The molecule has 0 spiro atoms. The SMILES string of the molecule is c1ccc2c(-c3ccc(N(c4ccc(-c5ccc6cc7oc8ccccc8c7cc6c5)cc4)c4cccc5sc6ccccc6c45)cc3)cccc2c1. The van der Waals surface area contributed by atoms with Gasteiger partial charge in [-0.3, -0.25) is 0 Å². The summed E-state index contributed by atoms with van der Waals surface area (Å²) in [5, 5.41) is 9.76. The maximum absolute atomic E-state index is 6.17. The highest BCUT2D eigenvalue weighted by Crippen LogP contribution is 2.45. The van der Waals surface area contributed by atoms with Gasteiger partial charge in [-0.25, -0.2) is 0 Å². The van der Waals surface area contributed by atoms with Crippen LogP contribution in [0.15, 0.2) is 192 Å². The molecule has 0 N–H and O–H groups in total. The minimum absolute atomic E-state index is 0.924. The molecular formula is C50H31NOS. The van der Waals surface area contributed by atoms with E-state index in [2.05, 4.69) is 181 Å². The Bertz CT molecular complexity index is 3160. The highest BCUT2D eigenvalue weighted by Gasteiger charge is 2.19. The van der Waals surface area contributed by atoms with Gasteiger partial charge in [0.2, 0.25) is 0 Å². The topological polar surface area (TPSA) is 16.4 Å². The van der Waals surface area contributed by atoms with E-state index in [1.54, 1.807) is 0 Å². The Morgan fingerprint density at radius 1 is 0.377 bits per heavy atom. The Balaban J connectivity index is 1.03. The van der Waals surface area contributed by atoms with Crippen LogP contribution in [0.2, 0.25) is 0 Å². The molecule has 0 atom stereocenters. The molecule has 0 aliphatic heterocycles. The van der Waals surface area contributed by atoms with Crippen LogP contribution in [0.5, 0.6) is 0 Å². The van der Waals surface area contributed by atoms with E-state index in [1.807, 2.05) is 23.5 Å². The first-order chi connectivity index (χ1) is 26.2. The minimum atomic E-state index is 0.924. The van der Waals surface area contributed by atoms with E-state index in [9.17, 15) is 0 Å². The van der Waals surface area contributed by atoms with Crippen molar-refractivity contribution in [2.75, 3.05) is 4.90 Å². The standard InChI is InChI=1S/C50H31NOS/c1-2-11-40-33(9-1)10-7-14-41(40)34-23-27-39(28-24-34)51(45-15-8-18-49-50(45)43-13-4-6-17-48(43)53-49)38-25-21-32(22-26-38)35-19-20-36-31-47-44(30-37(36)29-35)42-12-3-5-16-46(42)52-47/h1-31H. The lowest BCUT2D eigenvalue weighted by atomic mass is 9.97. The molecule has 3 heteroatoms. The van der Waals surface area contributed by atoms with E-state index < -0.39 is 0 Å². The molecule has 0 aliphatic rings. The summed E-state index contributed by atoms with van der Waals surface area (Å²) in [5.41, 5.74) is 10.1. The van der Waals surface area contributed by atoms with Crippen molar-refractivity contribution in [2.24, 2.45) is 0 Å². The number of rotatable bonds is 5. The highest BCUT2D eigenvalue weighted by atomic mass is 32.1. The van der Waals surface area contributed by atoms with E-state index in [4.69, 9.17) is 4.42 Å². The number of hydrogen-bond acceptors (Lipinski definition) is 3. The van der Waals surface area contributed by atoms with Gasteiger partial charge in [0.1, 0.15) is 11.2 Å². The molecular weight excluding hydrogens is 663 g/mol. The third-order valence-electron chi connectivity index (χ3n) is 10.6. The molecule has 0 unspecified atom stereocenters. The summed E-state index contributed by atoms with van der Waals surface area (Å²) in [4.78, 5) is 2.42. The number of benzene rings is 9. The van der Waals surface area contributed by atoms with Gasteiger partial charge in [0, 0.05) is 42.3 Å². The maximum Gasteiger partial charge on any atom is 0.136 e. The normalized spacial score (nSPS) is 11.8. The molecule has 53 heavy (non-hydrogen) atoms. The van der Waals surface area contributed by atoms with Crippen molar-refractivity contribution in [3.8, 4) is 22.3 Å². The molecule has 9 aromatic carbocycles. The lowest BCUT2D eigenvalue weighted by Crippen LogP contribution is -2.10. The van der Waals surface area contributed by atoms with Crippen molar-refractivity contribution in [1.82, 2.24) is 0 Å². The average molecular weight is 694 g/mol. The summed E-state index contributed by atoms with van der Waals surface area (Å²) < 4.78 is 8.76. The predicted molar refractivity (Wildman–Crippen MR) is 227 cm³/mol. The fourth-order valence-electron chi connectivity index (χ4n) is 8.09. The first-order valence-corrected chi connectivity index (χ1v) is 18.8. The molecule has 11 aromatic rings. The van der Waals surface area contributed by atoms with Crippen LogP contribution in [0.25, 0.3) is 85.9 Å². The number of hydrogen-bond donors (Lipinski definition) is 0. The summed E-state index contributed by atoms with van der Waals surface area (Å²) in [5.74, 6) is 0. The second-order valence-electron chi connectivity index (χ2n) is 13.7. The third kappa shape index (κ3) is 4.93. The van der Waals surface area contributed by atoms with E-state index in [1.165, 1.54) is 69.7 Å². The molecule has 2 nitrogen and oxygen atoms in total. The zero-order chi connectivity index (χ0) is 34.9. The van der Waals surface area contributed by atoms with Crippen LogP contribution in [0, 0.1) is 0 Å². The van der Waals surface area contributed by atoms with E-state index in [0.717, 1.165) is 33.3 Å². The molecule has 0 radical (unpaired) electrons. The first-order valence-electron chi connectivity index (χ1n) is 18.0. The largest absolute Gasteiger partial charge is 0.456 e. The van der Waals surface area contributed by atoms with Crippen molar-refractivity contribution in [3.05, 3.63) is 188 Å². The zero-order valence-electron chi connectivity index (χ0n) is 28.7. The van der Waals surface area contributed by atoms with Crippen LogP contribution in [0.4, 0.5) is 17.1 Å². The monoisotopic (exact) mass is 693 g/mol. The number of thiophene rings is 1. The van der Waals surface area contributed by atoms with E-state index >= 15 is 0 Å². The van der Waals surface area contributed by atoms with E-state index in [-0.39, 0.29) is 0 Å². The molecule has 2 aromatic heterocycles. The van der Waals surface area contributed by atoms with Gasteiger partial charge in [-0.15, -0.1) is 11.3 Å². The van der Waals surface area contributed by atoms with Crippen LogP contribution >= 0.6 is 11.3 Å². The van der Waals surface area contributed by atoms with Crippen LogP contribution < -0.4 is 4.90 Å². The second-order valence-corrected chi connectivity index (χ2v) is 14.8. The van der Waals surface area contributed by atoms with Crippen LogP contribution in [0.3, 0.4) is 0 Å². The van der Waals surface area contributed by atoms with Crippen molar-refractivity contribution in [1.29, 1.82) is 0 Å². The number of anilines is 3. The molecule has 0 amide bonds. The molecule has 2 heterocycles. The van der Waals surface area contributed by atoms with Crippen molar-refractivity contribution in [2.45, 2.75) is 0 Å². The van der Waals surface area contributed by atoms with Crippen molar-refractivity contribution >= 4 is 92.1 Å². The number of para-hydroxylation sites is 1. The molecule has 0 bridgehead atoms. The molecule has 0 saturated heterocycles. The first kappa shape index (κ1) is 30.0. The van der Waals surface area contributed by atoms with Gasteiger partial charge in [-0.1, -0.05) is 121 Å². The second kappa shape index (κ2) is 11.9. The van der Waals surface area contributed by atoms with Crippen LogP contribution in [-0.2, 0) is 0 Å². The Hall–Kier alpha value is -6.68. The fraction of sp³-hybridized carbons (Fsp3) is 0. The maximum atomic E-state index is 6.17. The Kier molecular flexibility index (Phi) is 6.76. The quantitative estimate of drug-likeness (QED) is 0.178. The zero-order valence-corrected chi connectivity index (χ0v) is 29.5. The van der Waals surface area contributed by atoms with Crippen LogP contribution in [-0.4, -0.2) is 0 Å². The summed E-state index contributed by atoms with van der Waals surface area (Å²) in [6.07, 6.45) is 0. The summed E-state index contributed by atoms with van der Waals surface area (Å²) >= 11 is 1.85. The van der Waals surface area contributed by atoms with Crippen molar-refractivity contribution in [3.63, 3.8) is 0 Å². The fourth-order valence-corrected chi connectivity index (χ4v) is 9.21.